The van der Waals surface area contributed by atoms with Gasteiger partial charge < -0.3 is 9.64 Å². The van der Waals surface area contributed by atoms with Gasteiger partial charge in [-0.3, -0.25) is 10.1 Å². The second-order valence-corrected chi connectivity index (χ2v) is 6.43. The molecule has 27 heavy (non-hydrogen) atoms. The van der Waals surface area contributed by atoms with E-state index in [1.165, 1.54) is 12.0 Å². The molecule has 0 bridgehead atoms. The Morgan fingerprint density at radius 3 is 2.52 bits per heavy atom. The van der Waals surface area contributed by atoms with E-state index in [1.807, 2.05) is 32.0 Å². The number of carbonyl (C=O) groups excluding carboxylic acids is 2. The summed E-state index contributed by atoms with van der Waals surface area (Å²) in [5.74, 6) is -0.155. The minimum Gasteiger partial charge on any atom is -0.453 e. The highest BCUT2D eigenvalue weighted by molar-refractivity contribution is 5.92. The fourth-order valence-electron chi connectivity index (χ4n) is 2.79. The highest BCUT2D eigenvalue weighted by atomic mass is 16.5. The molecule has 1 aromatic carbocycles. The molecule has 0 saturated heterocycles. The molecular weight excluding hydrogens is 346 g/mol. The van der Waals surface area contributed by atoms with Crippen molar-refractivity contribution in [1.29, 1.82) is 0 Å². The quantitative estimate of drug-likeness (QED) is 0.769. The van der Waals surface area contributed by atoms with Gasteiger partial charge in [0.15, 0.2) is 5.65 Å². The number of fused-ring (bicyclic) bond motifs is 1. The van der Waals surface area contributed by atoms with E-state index >= 15 is 0 Å². The predicted octanol–water partition coefficient (Wildman–Crippen LogP) is 2.89. The van der Waals surface area contributed by atoms with Crippen molar-refractivity contribution in [3.8, 4) is 11.3 Å². The molecule has 8 nitrogen and oxygen atoms in total. The van der Waals surface area contributed by atoms with E-state index < -0.39 is 6.09 Å². The minimum atomic E-state index is -0.521. The summed E-state index contributed by atoms with van der Waals surface area (Å²) >= 11 is 0. The number of hydrogen-bond donors (Lipinski definition) is 1. The monoisotopic (exact) mass is 367 g/mol. The largest absolute Gasteiger partial charge is 0.453 e. The van der Waals surface area contributed by atoms with Crippen LogP contribution in [0.15, 0.2) is 30.3 Å². The number of rotatable bonds is 3. The van der Waals surface area contributed by atoms with Crippen LogP contribution >= 0.6 is 0 Å². The molecule has 0 aliphatic rings. The second-order valence-electron chi connectivity index (χ2n) is 6.43. The van der Waals surface area contributed by atoms with Gasteiger partial charge in [-0.2, -0.15) is 5.10 Å². The van der Waals surface area contributed by atoms with Gasteiger partial charge >= 0.3 is 6.09 Å². The van der Waals surface area contributed by atoms with Crippen molar-refractivity contribution < 1.29 is 14.3 Å². The molecule has 0 saturated carbocycles. The Morgan fingerprint density at radius 1 is 1.15 bits per heavy atom. The molecule has 140 valence electrons. The first-order valence-electron chi connectivity index (χ1n) is 8.35. The van der Waals surface area contributed by atoms with Crippen LogP contribution in [0.5, 0.6) is 0 Å². The van der Waals surface area contributed by atoms with Crippen LogP contribution in [0, 0.1) is 13.8 Å². The van der Waals surface area contributed by atoms with E-state index in [0.717, 1.165) is 22.5 Å². The van der Waals surface area contributed by atoms with E-state index in [2.05, 4.69) is 20.1 Å². The topological polar surface area (TPSA) is 88.8 Å². The van der Waals surface area contributed by atoms with Crippen molar-refractivity contribution in [3.05, 3.63) is 47.3 Å². The van der Waals surface area contributed by atoms with Crippen molar-refractivity contribution in [1.82, 2.24) is 19.5 Å². The molecule has 2 amide bonds. The number of aryl methyl sites for hydroxylation is 2. The second kappa shape index (κ2) is 7.06. The Hall–Kier alpha value is -3.42. The van der Waals surface area contributed by atoms with Gasteiger partial charge in [0.2, 0.25) is 0 Å². The maximum absolute atomic E-state index is 12.2. The Labute approximate surface area is 156 Å². The van der Waals surface area contributed by atoms with E-state index in [4.69, 9.17) is 0 Å². The van der Waals surface area contributed by atoms with Crippen LogP contribution in [0.4, 0.5) is 10.5 Å². The van der Waals surface area contributed by atoms with Gasteiger partial charge in [-0.1, -0.05) is 6.07 Å². The van der Waals surface area contributed by atoms with Gasteiger partial charge in [0.05, 0.1) is 12.8 Å². The highest BCUT2D eigenvalue weighted by Gasteiger charge is 2.15. The van der Waals surface area contributed by atoms with Crippen LogP contribution in [-0.4, -0.2) is 52.7 Å². The lowest BCUT2D eigenvalue weighted by Crippen LogP contribution is -2.23. The summed E-state index contributed by atoms with van der Waals surface area (Å²) in [7, 11) is 4.70. The average Bonchev–Trinajstić information content (AvgIpc) is 3.05. The number of benzene rings is 1. The summed E-state index contributed by atoms with van der Waals surface area (Å²) < 4.78 is 6.31. The SMILES string of the molecule is COC(=O)Nc1ccc(-c2cc3nc(C(=O)N(C)C)cc(C)n3n2)c(C)c1. The molecule has 0 fully saturated rings. The van der Waals surface area contributed by atoms with Gasteiger partial charge in [-0.05, 0) is 37.6 Å². The fourth-order valence-corrected chi connectivity index (χ4v) is 2.79. The van der Waals surface area contributed by atoms with Crippen LogP contribution in [-0.2, 0) is 4.74 Å². The number of nitrogens with one attached hydrogen (secondary N) is 1. The molecule has 0 unspecified atom stereocenters. The molecule has 0 spiro atoms. The summed E-state index contributed by atoms with van der Waals surface area (Å²) in [5, 5.41) is 7.25. The maximum atomic E-state index is 12.2. The summed E-state index contributed by atoms with van der Waals surface area (Å²) in [5.41, 5.74) is 5.03. The van der Waals surface area contributed by atoms with Crippen molar-refractivity contribution in [3.63, 3.8) is 0 Å². The maximum Gasteiger partial charge on any atom is 0.411 e. The molecule has 2 aromatic heterocycles. The molecule has 2 heterocycles. The normalized spacial score (nSPS) is 10.7. The lowest BCUT2D eigenvalue weighted by Gasteiger charge is -2.10. The van der Waals surface area contributed by atoms with Gasteiger partial charge in [0.1, 0.15) is 5.69 Å². The minimum absolute atomic E-state index is 0.155. The van der Waals surface area contributed by atoms with E-state index in [0.29, 0.717) is 17.0 Å². The Balaban J connectivity index is 2.01. The molecule has 0 aliphatic carbocycles. The zero-order valence-corrected chi connectivity index (χ0v) is 15.9. The number of carbonyl (C=O) groups is 2. The fraction of sp³-hybridized carbons (Fsp3) is 0.263. The van der Waals surface area contributed by atoms with Crippen molar-refractivity contribution in [2.75, 3.05) is 26.5 Å². The van der Waals surface area contributed by atoms with Gasteiger partial charge in [-0.15, -0.1) is 0 Å². The number of ether oxygens (including phenoxy) is 1. The molecule has 3 rings (SSSR count). The first kappa shape index (κ1) is 18.4. The van der Waals surface area contributed by atoms with Gasteiger partial charge in [-0.25, -0.2) is 14.3 Å². The zero-order valence-electron chi connectivity index (χ0n) is 15.9. The average molecular weight is 367 g/mol. The molecule has 1 N–H and O–H groups in total. The van der Waals surface area contributed by atoms with Gasteiger partial charge in [0.25, 0.3) is 5.91 Å². The smallest absolute Gasteiger partial charge is 0.411 e. The van der Waals surface area contributed by atoms with E-state index in [9.17, 15) is 9.59 Å². The number of anilines is 1. The molecule has 0 aliphatic heterocycles. The first-order valence-corrected chi connectivity index (χ1v) is 8.35. The molecule has 0 atom stereocenters. The van der Waals surface area contributed by atoms with Crippen LogP contribution in [0.25, 0.3) is 16.9 Å². The number of hydrogen-bond acceptors (Lipinski definition) is 5. The standard InChI is InChI=1S/C19H21N5O3/c1-11-8-13(20-19(26)27-5)6-7-14(11)15-10-17-21-16(18(25)23(3)4)9-12(2)24(17)22-15/h6-10H,1-5H3,(H,20,26). The summed E-state index contributed by atoms with van der Waals surface area (Å²) in [4.78, 5) is 29.5. The van der Waals surface area contributed by atoms with Crippen LogP contribution in [0.3, 0.4) is 0 Å². The molecule has 0 radical (unpaired) electrons. The summed E-state index contributed by atoms with van der Waals surface area (Å²) in [6.45, 7) is 3.82. The highest BCUT2D eigenvalue weighted by Crippen LogP contribution is 2.26. The predicted molar refractivity (Wildman–Crippen MR) is 102 cm³/mol. The van der Waals surface area contributed by atoms with E-state index in [-0.39, 0.29) is 5.91 Å². The molecule has 8 heteroatoms. The molecule has 3 aromatic rings. The third-order valence-electron chi connectivity index (χ3n) is 4.16. The van der Waals surface area contributed by atoms with Gasteiger partial charge in [0, 0.05) is 37.1 Å². The number of nitrogens with zero attached hydrogens (tertiary/aromatic N) is 4. The Bertz CT molecular complexity index is 1040. The van der Waals surface area contributed by atoms with Crippen LogP contribution in [0.1, 0.15) is 21.7 Å². The Kier molecular flexibility index (Phi) is 4.81. The van der Waals surface area contributed by atoms with Crippen molar-refractivity contribution >= 4 is 23.3 Å². The number of amides is 2. The summed E-state index contributed by atoms with van der Waals surface area (Å²) in [6.07, 6.45) is -0.521. The van der Waals surface area contributed by atoms with Crippen LogP contribution < -0.4 is 5.32 Å². The Morgan fingerprint density at radius 2 is 1.89 bits per heavy atom. The third-order valence-corrected chi connectivity index (χ3v) is 4.16. The number of methoxy groups -OCH3 is 1. The van der Waals surface area contributed by atoms with Crippen LogP contribution in [0.2, 0.25) is 0 Å². The van der Waals surface area contributed by atoms with Crippen molar-refractivity contribution in [2.45, 2.75) is 13.8 Å². The molecular formula is C19H21N5O3. The number of aromatic nitrogens is 3. The van der Waals surface area contributed by atoms with Crippen molar-refractivity contribution in [2.24, 2.45) is 0 Å². The summed E-state index contributed by atoms with van der Waals surface area (Å²) in [6, 6.07) is 9.07. The lowest BCUT2D eigenvalue weighted by atomic mass is 10.1. The lowest BCUT2D eigenvalue weighted by molar-refractivity contribution is 0.0822. The zero-order chi connectivity index (χ0) is 19.7. The van der Waals surface area contributed by atoms with E-state index in [1.54, 1.807) is 30.7 Å². The third kappa shape index (κ3) is 3.59. The first-order chi connectivity index (χ1) is 12.8.